The SMILES string of the molecule is Clc1ccc2c(c1)CCC2=Cc1ccncc1. The Kier molecular flexibility index (Phi) is 2.69. The third-order valence-corrected chi connectivity index (χ3v) is 3.36. The molecule has 0 atom stereocenters. The van der Waals surface area contributed by atoms with Crippen molar-refractivity contribution in [2.24, 2.45) is 0 Å². The van der Waals surface area contributed by atoms with Gasteiger partial charge >= 0.3 is 0 Å². The van der Waals surface area contributed by atoms with Gasteiger partial charge in [0, 0.05) is 17.4 Å². The lowest BCUT2D eigenvalue weighted by molar-refractivity contribution is 1.08. The van der Waals surface area contributed by atoms with Crippen molar-refractivity contribution in [2.45, 2.75) is 12.8 Å². The van der Waals surface area contributed by atoms with Gasteiger partial charge in [0.05, 0.1) is 0 Å². The smallest absolute Gasteiger partial charge is 0.0409 e. The lowest BCUT2D eigenvalue weighted by Gasteiger charge is -2.01. The molecule has 1 aliphatic carbocycles. The first-order valence-electron chi connectivity index (χ1n) is 5.72. The summed E-state index contributed by atoms with van der Waals surface area (Å²) in [5, 5.41) is 0.828. The number of allylic oxidation sites excluding steroid dienone is 1. The Bertz CT molecular complexity index is 573. The van der Waals surface area contributed by atoms with Crippen molar-refractivity contribution in [3.63, 3.8) is 0 Å². The molecule has 0 saturated carbocycles. The van der Waals surface area contributed by atoms with Crippen molar-refractivity contribution >= 4 is 23.3 Å². The van der Waals surface area contributed by atoms with E-state index in [1.165, 1.54) is 22.3 Å². The second-order valence-corrected chi connectivity index (χ2v) is 4.69. The molecule has 0 N–H and O–H groups in total. The van der Waals surface area contributed by atoms with Crippen molar-refractivity contribution < 1.29 is 0 Å². The molecule has 1 aliphatic rings. The normalized spacial score (nSPS) is 16.2. The fourth-order valence-electron chi connectivity index (χ4n) is 2.30. The summed E-state index contributed by atoms with van der Waals surface area (Å²) in [5.41, 5.74) is 5.30. The van der Waals surface area contributed by atoms with Crippen LogP contribution in [0.15, 0.2) is 42.7 Å². The summed E-state index contributed by atoms with van der Waals surface area (Å²) < 4.78 is 0. The van der Waals surface area contributed by atoms with E-state index < -0.39 is 0 Å². The first kappa shape index (κ1) is 10.5. The van der Waals surface area contributed by atoms with E-state index in [0.29, 0.717) is 0 Å². The van der Waals surface area contributed by atoms with Crippen LogP contribution in [0.2, 0.25) is 5.02 Å². The Morgan fingerprint density at radius 1 is 1.06 bits per heavy atom. The van der Waals surface area contributed by atoms with Gasteiger partial charge in [-0.2, -0.15) is 0 Å². The average Bonchev–Trinajstić information content (AvgIpc) is 2.73. The summed E-state index contributed by atoms with van der Waals surface area (Å²) in [4.78, 5) is 4.03. The summed E-state index contributed by atoms with van der Waals surface area (Å²) in [6, 6.07) is 10.2. The number of benzene rings is 1. The lowest BCUT2D eigenvalue weighted by atomic mass is 10.1. The van der Waals surface area contributed by atoms with Crippen molar-refractivity contribution in [1.82, 2.24) is 4.98 Å². The van der Waals surface area contributed by atoms with E-state index in [0.717, 1.165) is 17.9 Å². The molecular formula is C15H12ClN. The molecule has 0 unspecified atom stereocenters. The van der Waals surface area contributed by atoms with Gasteiger partial charge in [-0.3, -0.25) is 4.98 Å². The van der Waals surface area contributed by atoms with E-state index in [1.54, 1.807) is 0 Å². The molecule has 0 amide bonds. The number of aromatic nitrogens is 1. The van der Waals surface area contributed by atoms with Gasteiger partial charge in [0.1, 0.15) is 0 Å². The van der Waals surface area contributed by atoms with Gasteiger partial charge in [-0.25, -0.2) is 0 Å². The van der Waals surface area contributed by atoms with Crippen LogP contribution in [0.4, 0.5) is 0 Å². The van der Waals surface area contributed by atoms with Crippen LogP contribution < -0.4 is 0 Å². The second kappa shape index (κ2) is 4.34. The molecule has 0 spiro atoms. The third kappa shape index (κ3) is 2.11. The molecule has 1 aromatic heterocycles. The minimum atomic E-state index is 0.828. The predicted molar refractivity (Wildman–Crippen MR) is 71.9 cm³/mol. The molecule has 0 fully saturated rings. The number of rotatable bonds is 1. The van der Waals surface area contributed by atoms with Crippen LogP contribution in [0.25, 0.3) is 11.6 Å². The Balaban J connectivity index is 2.02. The largest absolute Gasteiger partial charge is 0.265 e. The summed E-state index contributed by atoms with van der Waals surface area (Å²) in [7, 11) is 0. The average molecular weight is 242 g/mol. The third-order valence-electron chi connectivity index (χ3n) is 3.12. The topological polar surface area (TPSA) is 12.9 Å². The number of aryl methyl sites for hydroxylation is 1. The van der Waals surface area contributed by atoms with E-state index in [1.807, 2.05) is 30.6 Å². The molecule has 1 aromatic carbocycles. The Morgan fingerprint density at radius 2 is 1.88 bits per heavy atom. The van der Waals surface area contributed by atoms with E-state index in [-0.39, 0.29) is 0 Å². The van der Waals surface area contributed by atoms with Gasteiger partial charge in [0.15, 0.2) is 0 Å². The molecule has 0 bridgehead atoms. The standard InChI is InChI=1S/C15H12ClN/c16-14-3-4-15-12(1-2-13(15)10-14)9-11-5-7-17-8-6-11/h3-10H,1-2H2. The molecule has 17 heavy (non-hydrogen) atoms. The summed E-state index contributed by atoms with van der Waals surface area (Å²) >= 11 is 6.00. The first-order chi connectivity index (χ1) is 8.33. The van der Waals surface area contributed by atoms with Crippen LogP contribution >= 0.6 is 11.6 Å². The quantitative estimate of drug-likeness (QED) is 0.728. The molecule has 0 saturated heterocycles. The van der Waals surface area contributed by atoms with Crippen molar-refractivity contribution in [2.75, 3.05) is 0 Å². The number of hydrogen-bond acceptors (Lipinski definition) is 1. The highest BCUT2D eigenvalue weighted by Gasteiger charge is 2.15. The molecule has 1 heterocycles. The van der Waals surface area contributed by atoms with Crippen LogP contribution in [0.5, 0.6) is 0 Å². The highest BCUT2D eigenvalue weighted by Crippen LogP contribution is 2.34. The number of pyridine rings is 1. The Labute approximate surface area is 106 Å². The van der Waals surface area contributed by atoms with Crippen molar-refractivity contribution in [1.29, 1.82) is 0 Å². The molecule has 2 aromatic rings. The fraction of sp³-hybridized carbons (Fsp3) is 0.133. The molecule has 0 aliphatic heterocycles. The minimum absolute atomic E-state index is 0.828. The summed E-state index contributed by atoms with van der Waals surface area (Å²) in [6.45, 7) is 0. The van der Waals surface area contributed by atoms with Gasteiger partial charge in [-0.1, -0.05) is 23.7 Å². The van der Waals surface area contributed by atoms with Crippen LogP contribution in [0.3, 0.4) is 0 Å². The first-order valence-corrected chi connectivity index (χ1v) is 6.10. The van der Waals surface area contributed by atoms with Crippen LogP contribution in [0.1, 0.15) is 23.1 Å². The number of nitrogens with zero attached hydrogens (tertiary/aromatic N) is 1. The summed E-state index contributed by atoms with van der Waals surface area (Å²) in [6.07, 6.45) is 8.07. The number of hydrogen-bond donors (Lipinski definition) is 0. The molecule has 2 heteroatoms. The zero-order valence-corrected chi connectivity index (χ0v) is 10.1. The van der Waals surface area contributed by atoms with Crippen LogP contribution in [-0.2, 0) is 6.42 Å². The maximum Gasteiger partial charge on any atom is 0.0409 e. The maximum absolute atomic E-state index is 6.00. The van der Waals surface area contributed by atoms with Crippen molar-refractivity contribution in [3.8, 4) is 0 Å². The maximum atomic E-state index is 6.00. The number of halogens is 1. The summed E-state index contributed by atoms with van der Waals surface area (Å²) in [5.74, 6) is 0. The zero-order valence-electron chi connectivity index (χ0n) is 9.36. The van der Waals surface area contributed by atoms with Gasteiger partial charge in [0.25, 0.3) is 0 Å². The van der Waals surface area contributed by atoms with Crippen LogP contribution in [-0.4, -0.2) is 4.98 Å². The fourth-order valence-corrected chi connectivity index (χ4v) is 2.49. The molecular weight excluding hydrogens is 230 g/mol. The van der Waals surface area contributed by atoms with Gasteiger partial charge in [-0.15, -0.1) is 0 Å². The van der Waals surface area contributed by atoms with Crippen molar-refractivity contribution in [3.05, 3.63) is 64.4 Å². The Hall–Kier alpha value is -1.60. The van der Waals surface area contributed by atoms with E-state index in [9.17, 15) is 0 Å². The minimum Gasteiger partial charge on any atom is -0.265 e. The predicted octanol–water partition coefficient (Wildman–Crippen LogP) is 4.22. The Morgan fingerprint density at radius 3 is 2.71 bits per heavy atom. The monoisotopic (exact) mass is 241 g/mol. The molecule has 1 nitrogen and oxygen atoms in total. The van der Waals surface area contributed by atoms with E-state index in [2.05, 4.69) is 23.2 Å². The van der Waals surface area contributed by atoms with Gasteiger partial charge in [-0.05, 0) is 59.4 Å². The second-order valence-electron chi connectivity index (χ2n) is 4.25. The lowest BCUT2D eigenvalue weighted by Crippen LogP contribution is -1.81. The van der Waals surface area contributed by atoms with E-state index >= 15 is 0 Å². The molecule has 84 valence electrons. The highest BCUT2D eigenvalue weighted by molar-refractivity contribution is 6.30. The molecule has 3 rings (SSSR count). The van der Waals surface area contributed by atoms with Gasteiger partial charge in [0.2, 0.25) is 0 Å². The number of fused-ring (bicyclic) bond motifs is 1. The zero-order chi connectivity index (χ0) is 11.7. The molecule has 0 radical (unpaired) electrons. The van der Waals surface area contributed by atoms with Gasteiger partial charge < -0.3 is 0 Å². The van der Waals surface area contributed by atoms with E-state index in [4.69, 9.17) is 11.6 Å². The highest BCUT2D eigenvalue weighted by atomic mass is 35.5. The van der Waals surface area contributed by atoms with Crippen LogP contribution in [0, 0.1) is 0 Å².